The summed E-state index contributed by atoms with van der Waals surface area (Å²) >= 11 is 0. The Kier molecular flexibility index (Phi) is 12.8. The first kappa shape index (κ1) is 22.6. The Morgan fingerprint density at radius 3 is 2.54 bits per heavy atom. The van der Waals surface area contributed by atoms with Gasteiger partial charge in [0.2, 0.25) is 0 Å². The fourth-order valence-corrected chi connectivity index (χ4v) is 2.83. The Labute approximate surface area is 159 Å². The first-order chi connectivity index (χ1) is 12.7. The third kappa shape index (κ3) is 11.2. The highest BCUT2D eigenvalue weighted by Gasteiger charge is 2.06. The van der Waals surface area contributed by atoms with Crippen LogP contribution in [-0.2, 0) is 6.42 Å². The second-order valence-corrected chi connectivity index (χ2v) is 7.04. The molecule has 0 bridgehead atoms. The van der Waals surface area contributed by atoms with Crippen LogP contribution in [0.25, 0.3) is 6.08 Å². The highest BCUT2D eigenvalue weighted by Crippen LogP contribution is 2.10. The molecule has 2 unspecified atom stereocenters. The Morgan fingerprint density at radius 1 is 1.00 bits per heavy atom. The van der Waals surface area contributed by atoms with E-state index in [0.29, 0.717) is 12.8 Å². The summed E-state index contributed by atoms with van der Waals surface area (Å²) in [5.74, 6) is 0. The summed E-state index contributed by atoms with van der Waals surface area (Å²) in [6.07, 6.45) is 17.3. The highest BCUT2D eigenvalue weighted by atomic mass is 16.3. The predicted molar refractivity (Wildman–Crippen MR) is 111 cm³/mol. The van der Waals surface area contributed by atoms with Gasteiger partial charge < -0.3 is 10.2 Å². The molecule has 3 nitrogen and oxygen atoms in total. The molecular weight excluding hydrogens is 322 g/mol. The van der Waals surface area contributed by atoms with Gasteiger partial charge in [-0.05, 0) is 43.9 Å². The minimum absolute atomic E-state index is 0.322. The van der Waals surface area contributed by atoms with Gasteiger partial charge in [0.15, 0.2) is 0 Å². The quantitative estimate of drug-likeness (QED) is 0.342. The monoisotopic (exact) mass is 359 g/mol. The van der Waals surface area contributed by atoms with Crippen molar-refractivity contribution in [2.45, 2.75) is 90.3 Å². The number of allylic oxidation sites excluding steroid dienone is 1. The smallest absolute Gasteiger partial charge is 0.0759 e. The van der Waals surface area contributed by atoms with Gasteiger partial charge >= 0.3 is 0 Å². The zero-order valence-electron chi connectivity index (χ0n) is 16.6. The molecule has 1 heterocycles. The van der Waals surface area contributed by atoms with Gasteiger partial charge in [0.05, 0.1) is 17.9 Å². The summed E-state index contributed by atoms with van der Waals surface area (Å²) in [6, 6.07) is 5.84. The van der Waals surface area contributed by atoms with Gasteiger partial charge in [-0.3, -0.25) is 4.98 Å². The molecule has 0 spiro atoms. The van der Waals surface area contributed by atoms with E-state index in [4.69, 9.17) is 0 Å². The van der Waals surface area contributed by atoms with Crippen molar-refractivity contribution in [3.8, 4) is 0 Å². The normalized spacial score (nSPS) is 14.3. The maximum atomic E-state index is 10.1. The van der Waals surface area contributed by atoms with Gasteiger partial charge in [-0.2, -0.15) is 0 Å². The van der Waals surface area contributed by atoms with Gasteiger partial charge in [-0.1, -0.05) is 70.2 Å². The van der Waals surface area contributed by atoms with E-state index in [9.17, 15) is 10.2 Å². The number of rotatable bonds is 14. The summed E-state index contributed by atoms with van der Waals surface area (Å²) in [7, 11) is 0. The minimum atomic E-state index is -0.484. The number of pyridine rings is 1. The van der Waals surface area contributed by atoms with Crippen LogP contribution in [0.1, 0.15) is 83.0 Å². The Hall–Kier alpha value is -1.45. The van der Waals surface area contributed by atoms with Crippen molar-refractivity contribution >= 4 is 6.08 Å². The van der Waals surface area contributed by atoms with Gasteiger partial charge in [0.25, 0.3) is 0 Å². The van der Waals surface area contributed by atoms with Crippen molar-refractivity contribution in [1.29, 1.82) is 0 Å². The van der Waals surface area contributed by atoms with Crippen LogP contribution >= 0.6 is 0 Å². The summed E-state index contributed by atoms with van der Waals surface area (Å²) in [5, 5.41) is 20.1. The van der Waals surface area contributed by atoms with Crippen LogP contribution < -0.4 is 0 Å². The molecule has 2 atom stereocenters. The Balaban J connectivity index is 2.40. The molecule has 26 heavy (non-hydrogen) atoms. The molecule has 1 aromatic rings. The largest absolute Gasteiger partial charge is 0.393 e. The zero-order chi connectivity index (χ0) is 19.0. The molecule has 0 aromatic carbocycles. The Morgan fingerprint density at radius 2 is 1.77 bits per heavy atom. The number of aliphatic hydroxyl groups excluding tert-OH is 2. The third-order valence-electron chi connectivity index (χ3n) is 4.42. The number of hydrogen-bond donors (Lipinski definition) is 2. The number of aromatic nitrogens is 1. The van der Waals surface area contributed by atoms with Crippen molar-refractivity contribution in [2.24, 2.45) is 0 Å². The van der Waals surface area contributed by atoms with Gasteiger partial charge in [0, 0.05) is 12.1 Å². The van der Waals surface area contributed by atoms with Crippen LogP contribution in [0, 0.1) is 0 Å². The lowest BCUT2D eigenvalue weighted by molar-refractivity contribution is 0.160. The summed E-state index contributed by atoms with van der Waals surface area (Å²) < 4.78 is 0. The molecule has 1 aromatic heterocycles. The van der Waals surface area contributed by atoms with E-state index in [1.807, 2.05) is 24.3 Å². The van der Waals surface area contributed by atoms with Crippen LogP contribution in [0.15, 0.2) is 36.4 Å². The van der Waals surface area contributed by atoms with E-state index < -0.39 is 6.10 Å². The average Bonchev–Trinajstić information content (AvgIpc) is 2.63. The van der Waals surface area contributed by atoms with Crippen molar-refractivity contribution in [2.75, 3.05) is 0 Å². The van der Waals surface area contributed by atoms with Crippen LogP contribution in [0.2, 0.25) is 0 Å². The lowest BCUT2D eigenvalue weighted by Gasteiger charge is -2.10. The van der Waals surface area contributed by atoms with E-state index in [0.717, 1.165) is 37.1 Å². The molecule has 0 radical (unpaired) electrons. The van der Waals surface area contributed by atoms with E-state index in [-0.39, 0.29) is 6.10 Å². The lowest BCUT2D eigenvalue weighted by atomic mass is 10.1. The predicted octanol–water partition coefficient (Wildman–Crippen LogP) is 5.47. The van der Waals surface area contributed by atoms with E-state index in [1.54, 1.807) is 6.08 Å². The molecule has 3 heteroatoms. The lowest BCUT2D eigenvalue weighted by Crippen LogP contribution is -2.11. The molecular formula is C23H37NO2. The molecule has 0 saturated carbocycles. The van der Waals surface area contributed by atoms with Crippen molar-refractivity contribution in [1.82, 2.24) is 4.98 Å². The second kappa shape index (κ2) is 14.7. The molecule has 0 amide bonds. The first-order valence-corrected chi connectivity index (χ1v) is 10.3. The molecule has 0 aliphatic heterocycles. The van der Waals surface area contributed by atoms with Crippen molar-refractivity contribution < 1.29 is 10.2 Å². The molecule has 0 aliphatic carbocycles. The second-order valence-electron chi connectivity index (χ2n) is 7.04. The van der Waals surface area contributed by atoms with Crippen LogP contribution in [0.4, 0.5) is 0 Å². The molecule has 1 rings (SSSR count). The number of hydrogen-bond acceptors (Lipinski definition) is 3. The summed E-state index contributed by atoms with van der Waals surface area (Å²) in [5.41, 5.74) is 1.73. The maximum absolute atomic E-state index is 10.1. The van der Waals surface area contributed by atoms with Crippen LogP contribution in [0.5, 0.6) is 0 Å². The highest BCUT2D eigenvalue weighted by molar-refractivity contribution is 5.45. The van der Waals surface area contributed by atoms with Gasteiger partial charge in [-0.25, -0.2) is 0 Å². The molecule has 146 valence electrons. The van der Waals surface area contributed by atoms with E-state index in [2.05, 4.69) is 31.0 Å². The first-order valence-electron chi connectivity index (χ1n) is 10.3. The third-order valence-corrected chi connectivity index (χ3v) is 4.42. The molecule has 2 N–H and O–H groups in total. The van der Waals surface area contributed by atoms with E-state index in [1.165, 1.54) is 25.7 Å². The van der Waals surface area contributed by atoms with Gasteiger partial charge in [-0.15, -0.1) is 0 Å². The fraction of sp³-hybridized carbons (Fsp3) is 0.609. The van der Waals surface area contributed by atoms with Crippen molar-refractivity contribution in [3.05, 3.63) is 47.8 Å². The molecule has 0 saturated heterocycles. The summed E-state index contributed by atoms with van der Waals surface area (Å²) in [6.45, 7) is 4.37. The Bertz CT molecular complexity index is 525. The SMILES string of the molecule is CCCCC/C=C\CC(O)/C=C/c1cccc(CC(O)CCCCC)n1. The topological polar surface area (TPSA) is 53.4 Å². The average molecular weight is 360 g/mol. The number of aliphatic hydroxyl groups is 2. The fourth-order valence-electron chi connectivity index (χ4n) is 2.83. The van der Waals surface area contributed by atoms with Crippen LogP contribution in [0.3, 0.4) is 0 Å². The molecule has 0 fully saturated rings. The van der Waals surface area contributed by atoms with Crippen molar-refractivity contribution in [3.63, 3.8) is 0 Å². The maximum Gasteiger partial charge on any atom is 0.0759 e. The van der Waals surface area contributed by atoms with Crippen LogP contribution in [-0.4, -0.2) is 27.4 Å². The standard InChI is InChI=1S/C23H37NO2/c1-3-5-7-8-9-11-15-22(25)18-17-20-13-12-14-21(24-20)19-23(26)16-10-6-4-2/h9,11-14,17-18,22-23,25-26H,3-8,10,15-16,19H2,1-2H3/b11-9-,18-17+. The van der Waals surface area contributed by atoms with Gasteiger partial charge in [0.1, 0.15) is 0 Å². The minimum Gasteiger partial charge on any atom is -0.393 e. The number of unbranched alkanes of at least 4 members (excludes halogenated alkanes) is 5. The van der Waals surface area contributed by atoms with E-state index >= 15 is 0 Å². The summed E-state index contributed by atoms with van der Waals surface area (Å²) in [4.78, 5) is 4.57. The molecule has 0 aliphatic rings. The zero-order valence-corrected chi connectivity index (χ0v) is 16.6. The number of nitrogens with zero attached hydrogens (tertiary/aromatic N) is 1.